The quantitative estimate of drug-likeness (QED) is 0.184. The molecule has 0 unspecified atom stereocenters. The first-order valence-electron chi connectivity index (χ1n) is 8.97. The highest BCUT2D eigenvalue weighted by Crippen LogP contribution is 2.24. The molecule has 152 valence electrons. The predicted molar refractivity (Wildman–Crippen MR) is 99.6 cm³/mol. The number of likely N-dealkylation sites (N-methyl/N-ethyl adjacent to an activating group) is 1. The first-order chi connectivity index (χ1) is 13.3. The molecule has 0 radical (unpaired) electrons. The van der Waals surface area contributed by atoms with Gasteiger partial charge in [0.25, 0.3) is 0 Å². The molecular formula is C20H25NO7. The van der Waals surface area contributed by atoms with Crippen LogP contribution >= 0.6 is 0 Å². The van der Waals surface area contributed by atoms with Gasteiger partial charge in [0.05, 0.1) is 13.2 Å². The van der Waals surface area contributed by atoms with Crippen molar-refractivity contribution in [1.82, 2.24) is 4.90 Å². The lowest BCUT2D eigenvalue weighted by molar-refractivity contribution is -0.175. The predicted octanol–water partition coefficient (Wildman–Crippen LogP) is 1.34. The molecule has 0 aromatic heterocycles. The fourth-order valence-corrected chi connectivity index (χ4v) is 2.62. The number of hydrogen-bond acceptors (Lipinski definition) is 7. The maximum absolute atomic E-state index is 12.7. The molecule has 8 heteroatoms. The minimum Gasteiger partial charge on any atom is -0.464 e. The van der Waals surface area contributed by atoms with E-state index in [-0.39, 0.29) is 31.6 Å². The van der Waals surface area contributed by atoms with Crippen molar-refractivity contribution in [2.75, 3.05) is 20.3 Å². The van der Waals surface area contributed by atoms with E-state index in [1.807, 2.05) is 0 Å². The van der Waals surface area contributed by atoms with E-state index in [0.717, 1.165) is 4.90 Å². The number of carbonyl (C=O) groups is 5. The number of benzene rings is 1. The maximum Gasteiger partial charge on any atom is 0.344 e. The second-order valence-corrected chi connectivity index (χ2v) is 6.00. The van der Waals surface area contributed by atoms with Crippen molar-refractivity contribution < 1.29 is 33.4 Å². The van der Waals surface area contributed by atoms with Crippen molar-refractivity contribution in [1.29, 1.82) is 0 Å². The molecule has 1 aromatic rings. The highest BCUT2D eigenvalue weighted by molar-refractivity contribution is 6.43. The van der Waals surface area contributed by atoms with E-state index < -0.39 is 29.0 Å². The summed E-state index contributed by atoms with van der Waals surface area (Å²) >= 11 is 0. The number of ketones is 2. The van der Waals surface area contributed by atoms with Crippen LogP contribution in [0.15, 0.2) is 24.3 Å². The number of esters is 2. The first kappa shape index (κ1) is 23.0. The summed E-state index contributed by atoms with van der Waals surface area (Å²) in [6, 6.07) is 5.91. The van der Waals surface area contributed by atoms with Gasteiger partial charge in [-0.15, -0.1) is 0 Å². The van der Waals surface area contributed by atoms with E-state index in [2.05, 4.69) is 0 Å². The molecular weight excluding hydrogens is 366 g/mol. The van der Waals surface area contributed by atoms with Gasteiger partial charge in [-0.2, -0.15) is 0 Å². The third kappa shape index (κ3) is 4.82. The SMILES string of the molecule is CCOC(=O)C(Cc1ccc(C(=O)C(=O)CC)cc1)(C(=O)OCC)N(C)C=O. The Morgan fingerprint density at radius 1 is 0.964 bits per heavy atom. The van der Waals surface area contributed by atoms with Crippen LogP contribution in [-0.2, 0) is 35.1 Å². The van der Waals surface area contributed by atoms with Crippen LogP contribution in [0.4, 0.5) is 0 Å². The van der Waals surface area contributed by atoms with Gasteiger partial charge in [-0.25, -0.2) is 9.59 Å². The van der Waals surface area contributed by atoms with Gasteiger partial charge >= 0.3 is 11.9 Å². The molecule has 0 bridgehead atoms. The second kappa shape index (κ2) is 10.3. The molecule has 0 heterocycles. The zero-order valence-corrected chi connectivity index (χ0v) is 16.5. The summed E-state index contributed by atoms with van der Waals surface area (Å²) < 4.78 is 10.1. The van der Waals surface area contributed by atoms with Gasteiger partial charge in [0.15, 0.2) is 0 Å². The van der Waals surface area contributed by atoms with Gasteiger partial charge < -0.3 is 14.4 Å². The Bertz CT molecular complexity index is 721. The molecule has 0 fully saturated rings. The van der Waals surface area contributed by atoms with Gasteiger partial charge in [0.1, 0.15) is 0 Å². The highest BCUT2D eigenvalue weighted by Gasteiger charge is 2.52. The van der Waals surface area contributed by atoms with Crippen molar-refractivity contribution in [2.45, 2.75) is 39.2 Å². The van der Waals surface area contributed by atoms with Crippen LogP contribution in [0.25, 0.3) is 0 Å². The van der Waals surface area contributed by atoms with Crippen molar-refractivity contribution in [3.05, 3.63) is 35.4 Å². The molecule has 0 saturated heterocycles. The topological polar surface area (TPSA) is 107 Å². The number of Topliss-reactive ketones (excluding diaryl/α,β-unsaturated/α-hetero) is 2. The van der Waals surface area contributed by atoms with Crippen molar-refractivity contribution in [3.8, 4) is 0 Å². The molecule has 0 saturated carbocycles. The minimum atomic E-state index is -2.00. The van der Waals surface area contributed by atoms with Crippen LogP contribution in [-0.4, -0.2) is 60.6 Å². The average molecular weight is 391 g/mol. The Balaban J connectivity index is 3.33. The zero-order chi connectivity index (χ0) is 21.3. The Hall–Kier alpha value is -3.03. The monoisotopic (exact) mass is 391 g/mol. The number of nitrogens with zero attached hydrogens (tertiary/aromatic N) is 1. The van der Waals surface area contributed by atoms with Crippen LogP contribution in [0.1, 0.15) is 43.1 Å². The fourth-order valence-electron chi connectivity index (χ4n) is 2.62. The molecule has 0 aliphatic rings. The molecule has 8 nitrogen and oxygen atoms in total. The van der Waals surface area contributed by atoms with E-state index >= 15 is 0 Å². The lowest BCUT2D eigenvalue weighted by Gasteiger charge is -2.35. The van der Waals surface area contributed by atoms with E-state index in [0.29, 0.717) is 12.0 Å². The summed E-state index contributed by atoms with van der Waals surface area (Å²) in [5.74, 6) is -2.95. The summed E-state index contributed by atoms with van der Waals surface area (Å²) in [5, 5.41) is 0. The average Bonchev–Trinajstić information content (AvgIpc) is 2.70. The summed E-state index contributed by atoms with van der Waals surface area (Å²) in [6.07, 6.45) is 0.237. The molecule has 0 aliphatic carbocycles. The smallest absolute Gasteiger partial charge is 0.344 e. The summed E-state index contributed by atoms with van der Waals surface area (Å²) in [7, 11) is 1.29. The summed E-state index contributed by atoms with van der Waals surface area (Å²) in [4.78, 5) is 61.2. The molecule has 0 spiro atoms. The van der Waals surface area contributed by atoms with Gasteiger partial charge in [-0.3, -0.25) is 14.4 Å². The lowest BCUT2D eigenvalue weighted by atomic mass is 9.88. The highest BCUT2D eigenvalue weighted by atomic mass is 16.6. The number of hydrogen-bond donors (Lipinski definition) is 0. The molecule has 0 aliphatic heterocycles. The van der Waals surface area contributed by atoms with E-state index in [4.69, 9.17) is 9.47 Å². The number of carbonyl (C=O) groups excluding carboxylic acids is 5. The van der Waals surface area contributed by atoms with Crippen LogP contribution in [0.2, 0.25) is 0 Å². The third-order valence-electron chi connectivity index (χ3n) is 4.24. The van der Waals surface area contributed by atoms with Gasteiger partial charge in [-0.1, -0.05) is 31.2 Å². The van der Waals surface area contributed by atoms with Gasteiger partial charge in [-0.05, 0) is 19.4 Å². The Kier molecular flexibility index (Phi) is 8.50. The van der Waals surface area contributed by atoms with E-state index in [9.17, 15) is 24.0 Å². The summed E-state index contributed by atoms with van der Waals surface area (Å²) in [5.41, 5.74) is -1.31. The lowest BCUT2D eigenvalue weighted by Crippen LogP contribution is -2.61. The molecule has 0 N–H and O–H groups in total. The molecule has 1 aromatic carbocycles. The Morgan fingerprint density at radius 2 is 1.46 bits per heavy atom. The van der Waals surface area contributed by atoms with E-state index in [1.54, 1.807) is 20.8 Å². The number of rotatable bonds is 11. The molecule has 1 rings (SSSR count). The summed E-state index contributed by atoms with van der Waals surface area (Å²) in [6.45, 7) is 4.79. The largest absolute Gasteiger partial charge is 0.464 e. The maximum atomic E-state index is 12.7. The molecule has 0 atom stereocenters. The number of ether oxygens (including phenoxy) is 2. The van der Waals surface area contributed by atoms with Gasteiger partial charge in [0, 0.05) is 25.5 Å². The van der Waals surface area contributed by atoms with Crippen molar-refractivity contribution >= 4 is 29.9 Å². The Morgan fingerprint density at radius 3 is 1.86 bits per heavy atom. The van der Waals surface area contributed by atoms with Crippen molar-refractivity contribution in [3.63, 3.8) is 0 Å². The second-order valence-electron chi connectivity index (χ2n) is 6.00. The van der Waals surface area contributed by atoms with Crippen LogP contribution in [0, 0.1) is 0 Å². The standard InChI is InChI=1S/C20H25NO7/c1-5-16(23)17(24)15-10-8-14(9-11-15)12-20(21(4)13-22,18(25)27-6-2)19(26)28-7-3/h8-11,13H,5-7,12H2,1-4H3. The van der Waals surface area contributed by atoms with Crippen LogP contribution < -0.4 is 0 Å². The Labute approximate surface area is 163 Å². The van der Waals surface area contributed by atoms with Crippen LogP contribution in [0.5, 0.6) is 0 Å². The van der Waals surface area contributed by atoms with E-state index in [1.165, 1.54) is 31.3 Å². The van der Waals surface area contributed by atoms with Gasteiger partial charge in [0.2, 0.25) is 23.5 Å². The normalized spacial score (nSPS) is 10.7. The molecule has 1 amide bonds. The molecule has 28 heavy (non-hydrogen) atoms. The minimum absolute atomic E-state index is 0.0131. The fraction of sp³-hybridized carbons (Fsp3) is 0.450. The first-order valence-corrected chi connectivity index (χ1v) is 8.97. The third-order valence-corrected chi connectivity index (χ3v) is 4.24. The van der Waals surface area contributed by atoms with Crippen molar-refractivity contribution in [2.24, 2.45) is 0 Å². The van der Waals surface area contributed by atoms with Crippen LogP contribution in [0.3, 0.4) is 0 Å². The zero-order valence-electron chi connectivity index (χ0n) is 16.5. The number of amides is 1.